The number of rotatable bonds is 6. The molecule has 0 radical (unpaired) electrons. The van der Waals surface area contributed by atoms with Gasteiger partial charge in [-0.25, -0.2) is 9.59 Å². The number of aryl methyl sites for hydroxylation is 1. The molecule has 1 aliphatic heterocycles. The molecular weight excluding hydrogens is 484 g/mol. The normalized spacial score (nSPS) is 16.5. The summed E-state index contributed by atoms with van der Waals surface area (Å²) in [6.45, 7) is 2.81. The monoisotopic (exact) mass is 512 g/mol. The van der Waals surface area contributed by atoms with E-state index in [-0.39, 0.29) is 12.2 Å². The van der Waals surface area contributed by atoms with Crippen LogP contribution in [-0.4, -0.2) is 39.1 Å². The van der Waals surface area contributed by atoms with Crippen molar-refractivity contribution >= 4 is 12.2 Å². The van der Waals surface area contributed by atoms with Crippen LogP contribution in [-0.2, 0) is 11.3 Å². The van der Waals surface area contributed by atoms with Crippen LogP contribution in [0.4, 0.5) is 9.59 Å². The second-order valence-electron chi connectivity index (χ2n) is 9.50. The lowest BCUT2D eigenvalue weighted by Gasteiger charge is -2.13. The molecular formula is C30H28N2O6. The molecule has 0 bridgehead atoms. The number of benzene rings is 3. The summed E-state index contributed by atoms with van der Waals surface area (Å²) < 4.78 is 11.3. The minimum absolute atomic E-state index is 0.261. The maximum Gasteiger partial charge on any atom is 0.503 e. The maximum absolute atomic E-state index is 12.6. The summed E-state index contributed by atoms with van der Waals surface area (Å²) in [5.41, 5.74) is 7.45. The Kier molecular flexibility index (Phi) is 7.13. The molecule has 1 unspecified atom stereocenters. The van der Waals surface area contributed by atoms with Crippen LogP contribution in [0.15, 0.2) is 83.4 Å². The molecule has 2 aliphatic rings. The van der Waals surface area contributed by atoms with E-state index in [2.05, 4.69) is 53.7 Å². The van der Waals surface area contributed by atoms with Crippen LogP contribution in [0, 0.1) is 6.92 Å². The lowest BCUT2D eigenvalue weighted by Crippen LogP contribution is -2.24. The summed E-state index contributed by atoms with van der Waals surface area (Å²) in [6, 6.07) is 27.1. The van der Waals surface area contributed by atoms with E-state index in [0.29, 0.717) is 18.8 Å². The van der Waals surface area contributed by atoms with Crippen molar-refractivity contribution in [3.63, 3.8) is 0 Å². The van der Waals surface area contributed by atoms with E-state index >= 15 is 0 Å². The zero-order chi connectivity index (χ0) is 26.6. The van der Waals surface area contributed by atoms with E-state index < -0.39 is 6.16 Å². The van der Waals surface area contributed by atoms with Crippen molar-refractivity contribution in [1.29, 1.82) is 0 Å². The van der Waals surface area contributed by atoms with Crippen molar-refractivity contribution in [1.82, 2.24) is 10.1 Å². The molecule has 6 rings (SSSR count). The number of carbonyl (C=O) groups excluding carboxylic acids is 1. The van der Waals surface area contributed by atoms with Gasteiger partial charge >= 0.3 is 12.2 Å². The van der Waals surface area contributed by atoms with E-state index in [0.717, 1.165) is 33.9 Å². The summed E-state index contributed by atoms with van der Waals surface area (Å²) in [5.74, 6) is 1.46. The number of amides is 1. The summed E-state index contributed by atoms with van der Waals surface area (Å²) in [5, 5.41) is 18.1. The summed E-state index contributed by atoms with van der Waals surface area (Å²) in [4.78, 5) is 22.8. The number of aromatic nitrogens is 1. The molecule has 2 fully saturated rings. The molecule has 1 saturated heterocycles. The van der Waals surface area contributed by atoms with Gasteiger partial charge in [0.15, 0.2) is 5.76 Å². The summed E-state index contributed by atoms with van der Waals surface area (Å²) >= 11 is 0. The van der Waals surface area contributed by atoms with Crippen LogP contribution in [0.25, 0.3) is 22.5 Å². The van der Waals surface area contributed by atoms with Crippen molar-refractivity contribution in [3.8, 4) is 22.5 Å². The fourth-order valence-corrected chi connectivity index (χ4v) is 4.65. The number of cyclic esters (lactones) is 1. The molecule has 3 aromatic carbocycles. The first kappa shape index (κ1) is 25.1. The zero-order valence-corrected chi connectivity index (χ0v) is 20.9. The molecule has 38 heavy (non-hydrogen) atoms. The highest BCUT2D eigenvalue weighted by Crippen LogP contribution is 2.40. The first-order valence-electron chi connectivity index (χ1n) is 12.5. The predicted octanol–water partition coefficient (Wildman–Crippen LogP) is 7.11. The Hall–Kier alpha value is -4.59. The van der Waals surface area contributed by atoms with Gasteiger partial charge in [-0.2, -0.15) is 0 Å². The highest BCUT2D eigenvalue weighted by atomic mass is 16.6. The van der Waals surface area contributed by atoms with Gasteiger partial charge in [-0.1, -0.05) is 84.0 Å². The molecule has 0 spiro atoms. The number of nitrogens with zero attached hydrogens (tertiary/aromatic N) is 2. The van der Waals surface area contributed by atoms with E-state index in [1.54, 1.807) is 4.90 Å². The molecule has 2 N–H and O–H groups in total. The topological polar surface area (TPSA) is 113 Å². The fraction of sp³-hybridized carbons (Fsp3) is 0.233. The second-order valence-corrected chi connectivity index (χ2v) is 9.50. The smallest absolute Gasteiger partial charge is 0.450 e. The third-order valence-electron chi connectivity index (χ3n) is 6.83. The SMILES string of the molecule is Cc1noc(-c2ccc(-c3ccc(C4CC4)cc3)cc2)c1CN1CC(c2ccccc2)OC1=O.O=C(O)O. The summed E-state index contributed by atoms with van der Waals surface area (Å²) in [7, 11) is 0. The quantitative estimate of drug-likeness (QED) is 0.283. The first-order valence-corrected chi connectivity index (χ1v) is 12.5. The lowest BCUT2D eigenvalue weighted by atomic mass is 9.99. The van der Waals surface area contributed by atoms with Crippen LogP contribution < -0.4 is 0 Å². The highest BCUT2D eigenvalue weighted by Gasteiger charge is 2.33. The van der Waals surface area contributed by atoms with Crippen molar-refractivity contribution < 1.29 is 29.1 Å². The second kappa shape index (κ2) is 10.8. The molecule has 8 nitrogen and oxygen atoms in total. The number of hydrogen-bond acceptors (Lipinski definition) is 5. The Morgan fingerprint density at radius 3 is 2.08 bits per heavy atom. The Bertz CT molecular complexity index is 1410. The van der Waals surface area contributed by atoms with Gasteiger partial charge in [-0.15, -0.1) is 0 Å². The number of carboxylic acid groups (broad SMARTS) is 2. The minimum atomic E-state index is -1.83. The van der Waals surface area contributed by atoms with E-state index in [4.69, 9.17) is 24.3 Å². The van der Waals surface area contributed by atoms with Crippen molar-refractivity contribution in [2.75, 3.05) is 6.54 Å². The molecule has 1 saturated carbocycles. The average Bonchev–Trinajstić information content (AvgIpc) is 3.62. The number of carbonyl (C=O) groups is 2. The van der Waals surface area contributed by atoms with E-state index in [1.807, 2.05) is 37.3 Å². The van der Waals surface area contributed by atoms with Crippen LogP contribution in [0.2, 0.25) is 0 Å². The van der Waals surface area contributed by atoms with Gasteiger partial charge in [0.05, 0.1) is 18.8 Å². The van der Waals surface area contributed by atoms with Gasteiger partial charge in [-0.3, -0.25) is 4.90 Å². The van der Waals surface area contributed by atoms with Gasteiger partial charge in [0.25, 0.3) is 0 Å². The van der Waals surface area contributed by atoms with Crippen molar-refractivity contribution in [2.24, 2.45) is 0 Å². The predicted molar refractivity (Wildman–Crippen MR) is 141 cm³/mol. The Balaban J connectivity index is 0.000000689. The molecule has 1 atom stereocenters. The van der Waals surface area contributed by atoms with E-state index in [9.17, 15) is 4.79 Å². The molecule has 1 aliphatic carbocycles. The summed E-state index contributed by atoms with van der Waals surface area (Å²) in [6.07, 6.45) is 0.220. The maximum atomic E-state index is 12.6. The molecule has 194 valence electrons. The largest absolute Gasteiger partial charge is 0.503 e. The Morgan fingerprint density at radius 2 is 1.47 bits per heavy atom. The Morgan fingerprint density at radius 1 is 0.895 bits per heavy atom. The average molecular weight is 513 g/mol. The zero-order valence-electron chi connectivity index (χ0n) is 20.9. The standard InChI is InChI=1S/C29H26N2O3.CH2O3/c1-19-26(17-31-18-27(33-29(31)32)24-5-3-2-4-6-24)28(34-30-19)25-15-13-23(14-16-25)22-11-9-21(10-12-22)20-7-8-20;2-1(3)4/h2-6,9-16,20,27H,7-8,17-18H2,1H3;(H2,2,3,4). The molecule has 1 aromatic heterocycles. The molecule has 4 aromatic rings. The van der Waals surface area contributed by atoms with Gasteiger partial charge in [-0.05, 0) is 47.9 Å². The lowest BCUT2D eigenvalue weighted by molar-refractivity contribution is 0.132. The first-order chi connectivity index (χ1) is 18.4. The van der Waals surface area contributed by atoms with Gasteiger partial charge in [0.2, 0.25) is 0 Å². The van der Waals surface area contributed by atoms with Gasteiger partial charge in [0, 0.05) is 11.1 Å². The fourth-order valence-electron chi connectivity index (χ4n) is 4.65. The minimum Gasteiger partial charge on any atom is -0.450 e. The van der Waals surface area contributed by atoms with Crippen LogP contribution >= 0.6 is 0 Å². The number of ether oxygens (including phenoxy) is 1. The van der Waals surface area contributed by atoms with Crippen LogP contribution in [0.5, 0.6) is 0 Å². The van der Waals surface area contributed by atoms with E-state index in [1.165, 1.54) is 24.0 Å². The molecule has 8 heteroatoms. The van der Waals surface area contributed by atoms with Crippen molar-refractivity contribution in [3.05, 3.63) is 101 Å². The van der Waals surface area contributed by atoms with Crippen LogP contribution in [0.1, 0.15) is 47.2 Å². The van der Waals surface area contributed by atoms with Gasteiger partial charge in [0.1, 0.15) is 6.10 Å². The van der Waals surface area contributed by atoms with Crippen LogP contribution in [0.3, 0.4) is 0 Å². The highest BCUT2D eigenvalue weighted by molar-refractivity contribution is 5.72. The third kappa shape index (κ3) is 5.70. The molecule has 1 amide bonds. The Labute approximate surface area is 220 Å². The number of hydrogen-bond donors (Lipinski definition) is 2. The molecule has 2 heterocycles. The van der Waals surface area contributed by atoms with Crippen molar-refractivity contribution in [2.45, 2.75) is 38.3 Å². The third-order valence-corrected chi connectivity index (χ3v) is 6.83. The van der Waals surface area contributed by atoms with Gasteiger partial charge < -0.3 is 19.5 Å².